The maximum absolute atomic E-state index is 12.3. The van der Waals surface area contributed by atoms with E-state index in [1.807, 2.05) is 30.3 Å². The maximum atomic E-state index is 12.3. The molecule has 6 heteroatoms. The number of sulfonamides is 1. The normalized spacial score (nSPS) is 16.6. The lowest BCUT2D eigenvalue weighted by Gasteiger charge is -2.30. The van der Waals surface area contributed by atoms with Crippen LogP contribution in [-0.4, -0.2) is 25.1 Å². The van der Waals surface area contributed by atoms with Crippen molar-refractivity contribution in [1.82, 2.24) is 0 Å². The van der Waals surface area contributed by atoms with Gasteiger partial charge < -0.3 is 5.11 Å². The second-order valence-electron chi connectivity index (χ2n) is 4.87. The summed E-state index contributed by atoms with van der Waals surface area (Å²) in [6.07, 6.45) is 0. The zero-order valence-corrected chi connectivity index (χ0v) is 11.9. The highest BCUT2D eigenvalue weighted by molar-refractivity contribution is 7.93. The molecular formula is C15H13NO4S. The van der Waals surface area contributed by atoms with Gasteiger partial charge in [-0.2, -0.15) is 0 Å². The average molecular weight is 303 g/mol. The number of carbonyl (C=O) groups is 1. The van der Waals surface area contributed by atoms with E-state index in [-0.39, 0.29) is 18.0 Å². The van der Waals surface area contributed by atoms with Gasteiger partial charge in [0, 0.05) is 11.6 Å². The second-order valence-corrected chi connectivity index (χ2v) is 6.77. The summed E-state index contributed by atoms with van der Waals surface area (Å²) in [6, 6.07) is 13.3. The number of fused-ring (bicyclic) bond motifs is 1. The van der Waals surface area contributed by atoms with Crippen LogP contribution in [0.3, 0.4) is 0 Å². The number of hydrogen-bond acceptors (Lipinski definition) is 4. The molecule has 1 N–H and O–H groups in total. The Labute approximate surface area is 122 Å². The number of rotatable bonds is 2. The van der Waals surface area contributed by atoms with Crippen LogP contribution in [0.25, 0.3) is 0 Å². The summed E-state index contributed by atoms with van der Waals surface area (Å²) in [5.74, 6) is -1.07. The van der Waals surface area contributed by atoms with Gasteiger partial charge in [-0.3, -0.25) is 9.10 Å². The Kier molecular flexibility index (Phi) is 3.17. The molecule has 21 heavy (non-hydrogen) atoms. The van der Waals surface area contributed by atoms with Crippen molar-refractivity contribution < 1.29 is 18.3 Å². The smallest absolute Gasteiger partial charge is 0.243 e. The topological polar surface area (TPSA) is 74.7 Å². The minimum absolute atomic E-state index is 0.0725. The van der Waals surface area contributed by atoms with E-state index < -0.39 is 21.6 Å². The van der Waals surface area contributed by atoms with Crippen LogP contribution in [0.1, 0.15) is 15.9 Å². The highest BCUT2D eigenvalue weighted by Crippen LogP contribution is 2.33. The first-order valence-electron chi connectivity index (χ1n) is 6.38. The van der Waals surface area contributed by atoms with Gasteiger partial charge in [0.25, 0.3) is 0 Å². The van der Waals surface area contributed by atoms with E-state index in [1.165, 1.54) is 22.5 Å². The average Bonchev–Trinajstić information content (AvgIpc) is 2.44. The van der Waals surface area contributed by atoms with Crippen LogP contribution in [0.4, 0.5) is 5.69 Å². The molecule has 108 valence electrons. The van der Waals surface area contributed by atoms with Gasteiger partial charge >= 0.3 is 0 Å². The number of aromatic hydroxyl groups is 1. The number of Topliss-reactive ketones (excluding diaryl/α,β-unsaturated/α-hetero) is 1. The molecule has 0 unspecified atom stereocenters. The van der Waals surface area contributed by atoms with Crippen molar-refractivity contribution in [2.45, 2.75) is 6.54 Å². The molecule has 2 aromatic rings. The molecule has 0 saturated heterocycles. The molecular weight excluding hydrogens is 290 g/mol. The lowest BCUT2D eigenvalue weighted by Crippen LogP contribution is -2.40. The van der Waals surface area contributed by atoms with Crippen LogP contribution < -0.4 is 4.31 Å². The van der Waals surface area contributed by atoms with E-state index in [4.69, 9.17) is 0 Å². The van der Waals surface area contributed by atoms with Crippen LogP contribution in [0.5, 0.6) is 5.75 Å². The number of phenolic OH excluding ortho intramolecular Hbond substituents is 1. The molecule has 0 aromatic heterocycles. The van der Waals surface area contributed by atoms with Gasteiger partial charge in [0.2, 0.25) is 10.0 Å². The third kappa shape index (κ3) is 2.50. The van der Waals surface area contributed by atoms with Crippen molar-refractivity contribution in [3.05, 3.63) is 59.7 Å². The molecule has 0 saturated carbocycles. The first kappa shape index (κ1) is 13.6. The summed E-state index contributed by atoms with van der Waals surface area (Å²) >= 11 is 0. The zero-order chi connectivity index (χ0) is 15.0. The summed E-state index contributed by atoms with van der Waals surface area (Å²) in [4.78, 5) is 11.9. The molecule has 0 spiro atoms. The molecule has 0 aliphatic carbocycles. The minimum Gasteiger partial charge on any atom is -0.508 e. The van der Waals surface area contributed by atoms with Crippen molar-refractivity contribution in [1.29, 1.82) is 0 Å². The molecule has 0 fully saturated rings. The largest absolute Gasteiger partial charge is 0.508 e. The molecule has 0 bridgehead atoms. The number of anilines is 1. The van der Waals surface area contributed by atoms with Gasteiger partial charge in [-0.25, -0.2) is 8.42 Å². The van der Waals surface area contributed by atoms with Crippen molar-refractivity contribution >= 4 is 21.5 Å². The molecule has 1 aliphatic heterocycles. The monoisotopic (exact) mass is 303 g/mol. The van der Waals surface area contributed by atoms with Crippen molar-refractivity contribution in [2.75, 3.05) is 10.1 Å². The Morgan fingerprint density at radius 1 is 1.10 bits per heavy atom. The number of nitrogens with zero attached hydrogens (tertiary/aromatic N) is 1. The molecule has 1 aliphatic rings. The van der Waals surface area contributed by atoms with Crippen molar-refractivity contribution in [2.24, 2.45) is 0 Å². The molecule has 0 atom stereocenters. The first-order chi connectivity index (χ1) is 9.97. The van der Waals surface area contributed by atoms with Crippen LogP contribution in [-0.2, 0) is 16.6 Å². The lowest BCUT2D eigenvalue weighted by atomic mass is 10.1. The lowest BCUT2D eigenvalue weighted by molar-refractivity contribution is 0.102. The number of hydrogen-bond donors (Lipinski definition) is 1. The van der Waals surface area contributed by atoms with Gasteiger partial charge in [0.15, 0.2) is 5.78 Å². The van der Waals surface area contributed by atoms with Crippen molar-refractivity contribution in [3.8, 4) is 5.75 Å². The van der Waals surface area contributed by atoms with Gasteiger partial charge in [-0.1, -0.05) is 30.3 Å². The second kappa shape index (κ2) is 4.89. The number of phenols is 1. The maximum Gasteiger partial charge on any atom is 0.243 e. The fourth-order valence-corrected chi connectivity index (χ4v) is 3.81. The molecule has 2 aromatic carbocycles. The summed E-state index contributed by atoms with van der Waals surface area (Å²) in [6.45, 7) is 0.132. The highest BCUT2D eigenvalue weighted by atomic mass is 32.2. The quantitative estimate of drug-likeness (QED) is 0.920. The number of carbonyl (C=O) groups excluding carboxylic acids is 1. The van der Waals surface area contributed by atoms with E-state index in [2.05, 4.69) is 0 Å². The van der Waals surface area contributed by atoms with E-state index in [0.717, 1.165) is 5.56 Å². The molecule has 1 heterocycles. The first-order valence-corrected chi connectivity index (χ1v) is 7.99. The fourth-order valence-electron chi connectivity index (χ4n) is 2.37. The number of benzene rings is 2. The van der Waals surface area contributed by atoms with Crippen LogP contribution in [0, 0.1) is 0 Å². The van der Waals surface area contributed by atoms with E-state index in [1.54, 1.807) is 0 Å². The summed E-state index contributed by atoms with van der Waals surface area (Å²) in [7, 11) is -3.73. The van der Waals surface area contributed by atoms with Gasteiger partial charge in [0.1, 0.15) is 11.5 Å². The van der Waals surface area contributed by atoms with Crippen LogP contribution >= 0.6 is 0 Å². The summed E-state index contributed by atoms with van der Waals surface area (Å²) in [5.41, 5.74) is 1.36. The van der Waals surface area contributed by atoms with Crippen LogP contribution in [0.2, 0.25) is 0 Å². The van der Waals surface area contributed by atoms with E-state index in [9.17, 15) is 18.3 Å². The van der Waals surface area contributed by atoms with E-state index >= 15 is 0 Å². The summed E-state index contributed by atoms with van der Waals surface area (Å²) < 4.78 is 25.8. The predicted molar refractivity (Wildman–Crippen MR) is 78.8 cm³/mol. The SMILES string of the molecule is O=C1CS(=O)(=O)N(Cc2ccccc2)c2cc(O)ccc21. The molecule has 3 rings (SSSR count). The Bertz CT molecular complexity index is 800. The van der Waals surface area contributed by atoms with Crippen molar-refractivity contribution in [3.63, 3.8) is 0 Å². The Morgan fingerprint density at radius 2 is 1.81 bits per heavy atom. The fraction of sp³-hybridized carbons (Fsp3) is 0.133. The van der Waals surface area contributed by atoms with Gasteiger partial charge in [-0.15, -0.1) is 0 Å². The van der Waals surface area contributed by atoms with Gasteiger partial charge in [-0.05, 0) is 17.7 Å². The number of ketones is 1. The summed E-state index contributed by atoms with van der Waals surface area (Å²) in [5, 5.41) is 9.60. The molecule has 5 nitrogen and oxygen atoms in total. The predicted octanol–water partition coefficient (Wildman–Crippen LogP) is 1.92. The van der Waals surface area contributed by atoms with Gasteiger partial charge in [0.05, 0.1) is 12.2 Å². The third-order valence-electron chi connectivity index (χ3n) is 3.37. The zero-order valence-electron chi connectivity index (χ0n) is 11.1. The molecule has 0 amide bonds. The molecule has 0 radical (unpaired) electrons. The standard InChI is InChI=1S/C15H13NO4S/c17-12-6-7-13-14(8-12)16(21(19,20)10-15(13)18)9-11-4-2-1-3-5-11/h1-8,17H,9-10H2. The van der Waals surface area contributed by atoms with E-state index in [0.29, 0.717) is 5.56 Å². The highest BCUT2D eigenvalue weighted by Gasteiger charge is 2.35. The Balaban J connectivity index is 2.11. The Morgan fingerprint density at radius 3 is 2.52 bits per heavy atom. The third-order valence-corrected chi connectivity index (χ3v) is 4.99. The minimum atomic E-state index is -3.73. The van der Waals surface area contributed by atoms with Crippen LogP contribution in [0.15, 0.2) is 48.5 Å². The Hall–Kier alpha value is -2.34.